The Labute approximate surface area is 94.0 Å². The molecule has 0 unspecified atom stereocenters. The number of hydrogen-bond acceptors (Lipinski definition) is 2. The van der Waals surface area contributed by atoms with Gasteiger partial charge < -0.3 is 9.73 Å². The summed E-state index contributed by atoms with van der Waals surface area (Å²) in [5, 5.41) is 3.25. The molecule has 1 aliphatic rings. The highest BCUT2D eigenvalue weighted by atomic mass is 19.3. The predicted molar refractivity (Wildman–Crippen MR) is 57.3 cm³/mol. The fourth-order valence-corrected chi connectivity index (χ4v) is 2.12. The molecule has 1 fully saturated rings. The molecule has 1 aromatic heterocycles. The van der Waals surface area contributed by atoms with Crippen molar-refractivity contribution in [3.8, 4) is 0 Å². The third-order valence-corrected chi connectivity index (χ3v) is 3.15. The minimum Gasteiger partial charge on any atom is -0.468 e. The summed E-state index contributed by atoms with van der Waals surface area (Å²) in [7, 11) is 0. The van der Waals surface area contributed by atoms with Crippen LogP contribution in [0.15, 0.2) is 22.8 Å². The fraction of sp³-hybridized carbons (Fsp3) is 0.667. The minimum absolute atomic E-state index is 0.0418. The zero-order valence-electron chi connectivity index (χ0n) is 9.22. The topological polar surface area (TPSA) is 25.2 Å². The van der Waals surface area contributed by atoms with Gasteiger partial charge in [0.25, 0.3) is 0 Å². The van der Waals surface area contributed by atoms with E-state index in [0.29, 0.717) is 25.3 Å². The van der Waals surface area contributed by atoms with Crippen LogP contribution in [-0.2, 0) is 6.54 Å². The van der Waals surface area contributed by atoms with E-state index in [0.717, 1.165) is 12.3 Å². The lowest BCUT2D eigenvalue weighted by Gasteiger charge is -2.28. The Balaban J connectivity index is 1.64. The molecular weight excluding hydrogens is 212 g/mol. The molecule has 1 N–H and O–H groups in total. The molecule has 2 rings (SSSR count). The summed E-state index contributed by atoms with van der Waals surface area (Å²) in [6.07, 6.45) is 2.97. The Kier molecular flexibility index (Phi) is 3.59. The van der Waals surface area contributed by atoms with Gasteiger partial charge in [0.15, 0.2) is 0 Å². The van der Waals surface area contributed by atoms with Crippen LogP contribution in [0.25, 0.3) is 0 Å². The lowest BCUT2D eigenvalue weighted by Crippen LogP contribution is -2.30. The van der Waals surface area contributed by atoms with Crippen molar-refractivity contribution >= 4 is 0 Å². The zero-order chi connectivity index (χ0) is 11.4. The molecule has 0 bridgehead atoms. The van der Waals surface area contributed by atoms with Crippen molar-refractivity contribution in [2.75, 3.05) is 6.54 Å². The van der Waals surface area contributed by atoms with Gasteiger partial charge in [0, 0.05) is 12.8 Å². The van der Waals surface area contributed by atoms with Crippen LogP contribution in [0.2, 0.25) is 0 Å². The van der Waals surface area contributed by atoms with Gasteiger partial charge in [-0.25, -0.2) is 8.78 Å². The molecule has 4 heteroatoms. The number of rotatable bonds is 4. The molecule has 1 aromatic rings. The summed E-state index contributed by atoms with van der Waals surface area (Å²) in [4.78, 5) is 0. The van der Waals surface area contributed by atoms with E-state index in [9.17, 15) is 8.78 Å². The minimum atomic E-state index is -2.42. The van der Waals surface area contributed by atoms with Crippen LogP contribution in [-0.4, -0.2) is 12.5 Å². The standard InChI is InChI=1S/C12H17F2NO/c13-12(14)5-3-10(4-6-12)8-15-9-11-2-1-7-16-11/h1-2,7,10,15H,3-6,8-9H2. The zero-order valence-corrected chi connectivity index (χ0v) is 9.22. The third kappa shape index (κ3) is 3.30. The van der Waals surface area contributed by atoms with Crippen LogP contribution >= 0.6 is 0 Å². The van der Waals surface area contributed by atoms with Crippen molar-refractivity contribution in [1.82, 2.24) is 5.32 Å². The molecule has 1 heterocycles. The van der Waals surface area contributed by atoms with Gasteiger partial charge >= 0.3 is 0 Å². The second-order valence-corrected chi connectivity index (χ2v) is 4.51. The van der Waals surface area contributed by atoms with Crippen molar-refractivity contribution in [1.29, 1.82) is 0 Å². The average Bonchev–Trinajstić information content (AvgIpc) is 2.73. The SMILES string of the molecule is FC1(F)CCC(CNCc2ccco2)CC1. The van der Waals surface area contributed by atoms with Crippen LogP contribution in [0, 0.1) is 5.92 Å². The Hall–Kier alpha value is -0.900. The van der Waals surface area contributed by atoms with Crippen molar-refractivity contribution in [3.05, 3.63) is 24.2 Å². The van der Waals surface area contributed by atoms with Crippen LogP contribution in [0.4, 0.5) is 8.78 Å². The summed E-state index contributed by atoms with van der Waals surface area (Å²) < 4.78 is 30.9. The molecule has 0 saturated heterocycles. The number of alkyl halides is 2. The first kappa shape index (κ1) is 11.6. The molecule has 1 aliphatic carbocycles. The molecular formula is C12H17F2NO. The van der Waals surface area contributed by atoms with Crippen LogP contribution in [0.5, 0.6) is 0 Å². The normalized spacial score (nSPS) is 21.1. The van der Waals surface area contributed by atoms with Gasteiger partial charge in [-0.1, -0.05) is 0 Å². The third-order valence-electron chi connectivity index (χ3n) is 3.15. The van der Waals surface area contributed by atoms with Gasteiger partial charge in [-0.15, -0.1) is 0 Å². The van der Waals surface area contributed by atoms with Crippen LogP contribution in [0.1, 0.15) is 31.4 Å². The maximum Gasteiger partial charge on any atom is 0.248 e. The second-order valence-electron chi connectivity index (χ2n) is 4.51. The first-order valence-electron chi connectivity index (χ1n) is 5.77. The summed E-state index contributed by atoms with van der Waals surface area (Å²) in [6.45, 7) is 1.48. The van der Waals surface area contributed by atoms with Gasteiger partial charge in [-0.2, -0.15) is 0 Å². The molecule has 90 valence electrons. The van der Waals surface area contributed by atoms with Crippen LogP contribution < -0.4 is 5.32 Å². The second kappa shape index (κ2) is 4.95. The molecule has 0 radical (unpaired) electrons. The first-order valence-corrected chi connectivity index (χ1v) is 5.77. The number of halogens is 2. The summed E-state index contributed by atoms with van der Waals surface area (Å²) >= 11 is 0. The summed E-state index contributed by atoms with van der Waals surface area (Å²) in [5.41, 5.74) is 0. The van der Waals surface area contributed by atoms with Crippen molar-refractivity contribution < 1.29 is 13.2 Å². The number of nitrogens with one attached hydrogen (secondary N) is 1. The highest BCUT2D eigenvalue weighted by molar-refractivity contribution is 4.97. The predicted octanol–water partition coefficient (Wildman–Crippen LogP) is 3.19. The molecule has 0 amide bonds. The molecule has 1 saturated carbocycles. The van der Waals surface area contributed by atoms with Gasteiger partial charge in [0.05, 0.1) is 12.8 Å². The van der Waals surface area contributed by atoms with E-state index in [1.54, 1.807) is 6.26 Å². The van der Waals surface area contributed by atoms with Crippen LogP contribution in [0.3, 0.4) is 0 Å². The van der Waals surface area contributed by atoms with E-state index >= 15 is 0 Å². The van der Waals surface area contributed by atoms with Gasteiger partial charge in [0.2, 0.25) is 5.92 Å². The summed E-state index contributed by atoms with van der Waals surface area (Å²) in [5.74, 6) is -1.15. The Morgan fingerprint density at radius 1 is 1.38 bits per heavy atom. The first-order chi connectivity index (χ1) is 7.66. The number of hydrogen-bond donors (Lipinski definition) is 1. The Morgan fingerprint density at radius 2 is 2.12 bits per heavy atom. The van der Waals surface area contributed by atoms with E-state index in [4.69, 9.17) is 4.42 Å². The van der Waals surface area contributed by atoms with Crippen molar-refractivity contribution in [2.24, 2.45) is 5.92 Å². The van der Waals surface area contributed by atoms with E-state index in [2.05, 4.69) is 5.32 Å². The van der Waals surface area contributed by atoms with Gasteiger partial charge in [-0.05, 0) is 37.4 Å². The molecule has 0 aliphatic heterocycles. The van der Waals surface area contributed by atoms with E-state index in [1.807, 2.05) is 12.1 Å². The molecule has 0 spiro atoms. The lowest BCUT2D eigenvalue weighted by atomic mass is 9.87. The van der Waals surface area contributed by atoms with E-state index in [-0.39, 0.29) is 12.8 Å². The summed E-state index contributed by atoms with van der Waals surface area (Å²) in [6, 6.07) is 3.75. The molecule has 2 nitrogen and oxygen atoms in total. The molecule has 0 aromatic carbocycles. The van der Waals surface area contributed by atoms with E-state index < -0.39 is 5.92 Å². The smallest absolute Gasteiger partial charge is 0.248 e. The number of furan rings is 1. The quantitative estimate of drug-likeness (QED) is 0.857. The fourth-order valence-electron chi connectivity index (χ4n) is 2.12. The molecule has 0 atom stereocenters. The monoisotopic (exact) mass is 229 g/mol. The molecule has 16 heavy (non-hydrogen) atoms. The van der Waals surface area contributed by atoms with Gasteiger partial charge in [0.1, 0.15) is 5.76 Å². The Bertz CT molecular complexity index is 301. The maximum absolute atomic E-state index is 12.9. The average molecular weight is 229 g/mol. The maximum atomic E-state index is 12.9. The van der Waals surface area contributed by atoms with Crippen molar-refractivity contribution in [2.45, 2.75) is 38.2 Å². The highest BCUT2D eigenvalue weighted by Crippen LogP contribution is 2.35. The van der Waals surface area contributed by atoms with E-state index in [1.165, 1.54) is 0 Å². The Morgan fingerprint density at radius 3 is 2.75 bits per heavy atom. The lowest BCUT2D eigenvalue weighted by molar-refractivity contribution is -0.0455. The van der Waals surface area contributed by atoms with Gasteiger partial charge in [-0.3, -0.25) is 0 Å². The highest BCUT2D eigenvalue weighted by Gasteiger charge is 2.34. The van der Waals surface area contributed by atoms with Crippen molar-refractivity contribution in [3.63, 3.8) is 0 Å². The largest absolute Gasteiger partial charge is 0.468 e.